The van der Waals surface area contributed by atoms with Crippen LogP contribution in [0.15, 0.2) is 54.6 Å². The molecule has 0 aliphatic heterocycles. The van der Waals surface area contributed by atoms with Crippen LogP contribution in [0, 0.1) is 0 Å². The molecule has 0 spiro atoms. The molecule has 0 bridgehead atoms. The Morgan fingerprint density at radius 3 is 2.31 bits per heavy atom. The van der Waals surface area contributed by atoms with Crippen molar-refractivity contribution in [1.29, 1.82) is 0 Å². The molecule has 0 fully saturated rings. The van der Waals surface area contributed by atoms with Crippen molar-refractivity contribution in [2.24, 2.45) is 0 Å². The minimum atomic E-state index is -1.41. The molecule has 3 amide bonds. The van der Waals surface area contributed by atoms with Gasteiger partial charge < -0.3 is 31.1 Å². The molecular weight excluding hydrogens is 468 g/mol. The van der Waals surface area contributed by atoms with Crippen LogP contribution in [0.5, 0.6) is 0 Å². The fourth-order valence-corrected chi connectivity index (χ4v) is 3.50. The van der Waals surface area contributed by atoms with E-state index in [0.717, 1.165) is 22.0 Å². The molecule has 188 valence electrons. The van der Waals surface area contributed by atoms with Gasteiger partial charge in [0.05, 0.1) is 6.54 Å². The molecule has 36 heavy (non-hydrogen) atoms. The lowest BCUT2D eigenvalue weighted by Crippen LogP contribution is -2.51. The van der Waals surface area contributed by atoms with Crippen LogP contribution >= 0.6 is 0 Å². The van der Waals surface area contributed by atoms with Gasteiger partial charge in [0.25, 0.3) is 5.91 Å². The molecule has 1 heterocycles. The van der Waals surface area contributed by atoms with Crippen molar-refractivity contribution in [3.05, 3.63) is 60.3 Å². The van der Waals surface area contributed by atoms with E-state index in [1.165, 1.54) is 6.92 Å². The van der Waals surface area contributed by atoms with Crippen molar-refractivity contribution < 1.29 is 34.2 Å². The van der Waals surface area contributed by atoms with Gasteiger partial charge in [-0.2, -0.15) is 0 Å². The summed E-state index contributed by atoms with van der Waals surface area (Å²) in [5.74, 6) is -4.55. The van der Waals surface area contributed by atoms with Crippen LogP contribution in [0.25, 0.3) is 22.0 Å². The van der Waals surface area contributed by atoms with Crippen molar-refractivity contribution in [2.45, 2.75) is 31.8 Å². The van der Waals surface area contributed by atoms with Crippen LogP contribution in [0.3, 0.4) is 0 Å². The van der Waals surface area contributed by atoms with Gasteiger partial charge in [-0.05, 0) is 36.6 Å². The predicted molar refractivity (Wildman–Crippen MR) is 130 cm³/mol. The van der Waals surface area contributed by atoms with Crippen molar-refractivity contribution in [3.8, 4) is 11.1 Å². The van der Waals surface area contributed by atoms with Crippen LogP contribution in [-0.2, 0) is 19.2 Å². The van der Waals surface area contributed by atoms with E-state index >= 15 is 0 Å². The molecule has 0 saturated heterocycles. The molecular formula is C25H26N4O7. The molecule has 0 saturated carbocycles. The molecule has 0 aliphatic carbocycles. The topological polar surface area (TPSA) is 178 Å². The Balaban J connectivity index is 1.53. The van der Waals surface area contributed by atoms with Crippen molar-refractivity contribution in [1.82, 2.24) is 20.9 Å². The second-order valence-corrected chi connectivity index (χ2v) is 8.15. The largest absolute Gasteiger partial charge is 0.481 e. The molecule has 11 heteroatoms. The number of aromatic nitrogens is 1. The third-order valence-corrected chi connectivity index (χ3v) is 5.42. The number of carbonyl (C=O) groups is 5. The fourth-order valence-electron chi connectivity index (χ4n) is 3.50. The van der Waals surface area contributed by atoms with Crippen LogP contribution in [0.2, 0.25) is 0 Å². The third kappa shape index (κ3) is 6.92. The normalized spacial score (nSPS) is 12.4. The van der Waals surface area contributed by atoms with Gasteiger partial charge in [0.1, 0.15) is 17.8 Å². The molecule has 0 unspecified atom stereocenters. The summed E-state index contributed by atoms with van der Waals surface area (Å²) in [7, 11) is 0. The number of amides is 3. The number of aliphatic carboxylic acids is 2. The third-order valence-electron chi connectivity index (χ3n) is 5.42. The van der Waals surface area contributed by atoms with Gasteiger partial charge >= 0.3 is 11.9 Å². The number of rotatable bonds is 11. The lowest BCUT2D eigenvalue weighted by molar-refractivity contribution is -0.143. The highest BCUT2D eigenvalue weighted by Crippen LogP contribution is 2.24. The molecule has 0 radical (unpaired) electrons. The molecule has 1 aromatic heterocycles. The fraction of sp³-hybridized carbons (Fsp3) is 0.240. The highest BCUT2D eigenvalue weighted by molar-refractivity contribution is 6.00. The smallest absolute Gasteiger partial charge is 0.326 e. The Hall–Kier alpha value is -4.67. The van der Waals surface area contributed by atoms with Crippen molar-refractivity contribution in [3.63, 3.8) is 0 Å². The molecule has 3 aromatic rings. The van der Waals surface area contributed by atoms with E-state index in [1.54, 1.807) is 6.07 Å². The van der Waals surface area contributed by atoms with Crippen LogP contribution < -0.4 is 16.0 Å². The number of fused-ring (bicyclic) bond motifs is 1. The number of hydrogen-bond donors (Lipinski definition) is 6. The molecule has 2 aromatic carbocycles. The number of benzene rings is 2. The summed E-state index contributed by atoms with van der Waals surface area (Å²) in [5.41, 5.74) is 3.03. The predicted octanol–water partition coefficient (Wildman–Crippen LogP) is 1.50. The molecule has 2 atom stereocenters. The summed E-state index contributed by atoms with van der Waals surface area (Å²) in [6, 6.07) is 14.7. The lowest BCUT2D eigenvalue weighted by atomic mass is 10.0. The Labute approximate surface area is 205 Å². The van der Waals surface area contributed by atoms with Crippen molar-refractivity contribution >= 4 is 40.6 Å². The number of carbonyl (C=O) groups excluding carboxylic acids is 3. The Morgan fingerprint density at radius 2 is 1.64 bits per heavy atom. The summed E-state index contributed by atoms with van der Waals surface area (Å²) in [5, 5.41) is 25.7. The standard InChI is InChI=1S/C25H26N4O7/c1-14(23(33)29-18(25(35)36)9-10-22(31)32)27-21(30)13-26-24(34)20-12-17-8-7-16(11-19(17)28-20)15-5-3-2-4-6-15/h2-8,11-12,14,18,28H,9-10,13H2,1H3,(H,26,34)(H,27,30)(H,29,33)(H,31,32)(H,35,36)/t14-,18+/m0/s1. The van der Waals surface area contributed by atoms with Crippen LogP contribution in [-0.4, -0.2) is 63.5 Å². The highest BCUT2D eigenvalue weighted by Gasteiger charge is 2.24. The van der Waals surface area contributed by atoms with Gasteiger partial charge in [-0.15, -0.1) is 0 Å². The maximum Gasteiger partial charge on any atom is 0.326 e. The average Bonchev–Trinajstić information content (AvgIpc) is 3.28. The molecule has 11 nitrogen and oxygen atoms in total. The number of H-pyrrole nitrogens is 1. The van der Waals surface area contributed by atoms with E-state index < -0.39 is 54.7 Å². The number of carboxylic acid groups (broad SMARTS) is 2. The van der Waals surface area contributed by atoms with Gasteiger partial charge in [-0.25, -0.2) is 4.79 Å². The monoisotopic (exact) mass is 494 g/mol. The quantitative estimate of drug-likeness (QED) is 0.234. The average molecular weight is 495 g/mol. The summed E-state index contributed by atoms with van der Waals surface area (Å²) in [6.07, 6.45) is -0.740. The zero-order chi connectivity index (χ0) is 26.2. The second kappa shape index (κ2) is 11.6. The van der Waals surface area contributed by atoms with Gasteiger partial charge in [-0.3, -0.25) is 19.2 Å². The first-order valence-corrected chi connectivity index (χ1v) is 11.1. The lowest BCUT2D eigenvalue weighted by Gasteiger charge is -2.18. The van der Waals surface area contributed by atoms with E-state index in [2.05, 4.69) is 20.9 Å². The summed E-state index contributed by atoms with van der Waals surface area (Å²) >= 11 is 0. The zero-order valence-electron chi connectivity index (χ0n) is 19.4. The van der Waals surface area contributed by atoms with Gasteiger partial charge in [0.15, 0.2) is 0 Å². The van der Waals surface area contributed by atoms with E-state index in [-0.39, 0.29) is 12.1 Å². The van der Waals surface area contributed by atoms with Crippen LogP contribution in [0.1, 0.15) is 30.3 Å². The SMILES string of the molecule is C[C@H](NC(=O)CNC(=O)c1cc2ccc(-c3ccccc3)cc2[nH]1)C(=O)N[C@H](CCC(=O)O)C(=O)O. The molecule has 0 aliphatic rings. The van der Waals surface area contributed by atoms with Crippen LogP contribution in [0.4, 0.5) is 0 Å². The second-order valence-electron chi connectivity index (χ2n) is 8.15. The summed E-state index contributed by atoms with van der Waals surface area (Å²) in [6.45, 7) is 0.926. The number of carboxylic acids is 2. The number of nitrogens with one attached hydrogen (secondary N) is 4. The highest BCUT2D eigenvalue weighted by atomic mass is 16.4. The maximum absolute atomic E-state index is 12.5. The maximum atomic E-state index is 12.5. The minimum Gasteiger partial charge on any atom is -0.481 e. The van der Waals surface area contributed by atoms with Gasteiger partial charge in [0, 0.05) is 17.3 Å². The summed E-state index contributed by atoms with van der Waals surface area (Å²) < 4.78 is 0. The first-order chi connectivity index (χ1) is 17.1. The van der Waals surface area contributed by atoms with Crippen molar-refractivity contribution in [2.75, 3.05) is 6.54 Å². The van der Waals surface area contributed by atoms with E-state index in [9.17, 15) is 24.0 Å². The van der Waals surface area contributed by atoms with Gasteiger partial charge in [0.2, 0.25) is 11.8 Å². The van der Waals surface area contributed by atoms with E-state index in [0.29, 0.717) is 0 Å². The first kappa shape index (κ1) is 25.9. The van der Waals surface area contributed by atoms with Gasteiger partial charge in [-0.1, -0.05) is 42.5 Å². The Bertz CT molecular complexity index is 1290. The number of aromatic amines is 1. The zero-order valence-corrected chi connectivity index (χ0v) is 19.4. The first-order valence-electron chi connectivity index (χ1n) is 11.1. The number of hydrogen-bond acceptors (Lipinski definition) is 5. The summed E-state index contributed by atoms with van der Waals surface area (Å²) in [4.78, 5) is 61.8. The Kier molecular flexibility index (Phi) is 8.39. The molecule has 6 N–H and O–H groups in total. The minimum absolute atomic E-state index is 0.261. The molecule has 3 rings (SSSR count). The Morgan fingerprint density at radius 1 is 0.917 bits per heavy atom. The van der Waals surface area contributed by atoms with E-state index in [1.807, 2.05) is 48.5 Å². The van der Waals surface area contributed by atoms with E-state index in [4.69, 9.17) is 10.2 Å².